The number of piperidine rings is 1. The fourth-order valence-corrected chi connectivity index (χ4v) is 4.55. The number of anilines is 1. The van der Waals surface area contributed by atoms with Crippen molar-refractivity contribution in [1.82, 2.24) is 9.88 Å². The number of nitrogens with zero attached hydrogens (tertiary/aromatic N) is 3. The number of benzene rings is 1. The first-order valence-corrected chi connectivity index (χ1v) is 9.76. The highest BCUT2D eigenvalue weighted by molar-refractivity contribution is 7.09. The molecule has 1 aromatic carbocycles. The van der Waals surface area contributed by atoms with Crippen molar-refractivity contribution < 1.29 is 5.11 Å². The largest absolute Gasteiger partial charge is 0.392 e. The van der Waals surface area contributed by atoms with Crippen LogP contribution >= 0.6 is 11.3 Å². The summed E-state index contributed by atoms with van der Waals surface area (Å²) in [4.78, 5) is 9.53. The van der Waals surface area contributed by atoms with Crippen molar-refractivity contribution in [1.29, 1.82) is 0 Å². The molecular formula is C19H25N3OS. The van der Waals surface area contributed by atoms with Gasteiger partial charge in [-0.15, -0.1) is 11.3 Å². The fraction of sp³-hybridized carbons (Fsp3) is 0.526. The first kappa shape index (κ1) is 16.1. The van der Waals surface area contributed by atoms with Crippen LogP contribution in [0, 0.1) is 6.92 Å². The number of aliphatic hydroxyl groups excluding tert-OH is 1. The fourth-order valence-electron chi connectivity index (χ4n) is 3.93. The van der Waals surface area contributed by atoms with Crippen LogP contribution in [-0.4, -0.2) is 53.3 Å². The molecule has 1 N–H and O–H groups in total. The minimum absolute atomic E-state index is 0.107. The second-order valence-electron chi connectivity index (χ2n) is 6.95. The molecule has 128 valence electrons. The normalized spacial score (nSPS) is 23.1. The number of hydrogen-bond acceptors (Lipinski definition) is 5. The molecule has 3 heterocycles. The molecule has 0 unspecified atom stereocenters. The van der Waals surface area contributed by atoms with Gasteiger partial charge in [0, 0.05) is 48.9 Å². The van der Waals surface area contributed by atoms with Gasteiger partial charge in [0.1, 0.15) is 0 Å². The van der Waals surface area contributed by atoms with Crippen molar-refractivity contribution in [3.05, 3.63) is 34.7 Å². The molecule has 5 heteroatoms. The Morgan fingerprint density at radius 1 is 1.08 bits per heavy atom. The predicted molar refractivity (Wildman–Crippen MR) is 99.7 cm³/mol. The summed E-state index contributed by atoms with van der Waals surface area (Å²) in [7, 11) is 0. The summed E-state index contributed by atoms with van der Waals surface area (Å²) in [6.07, 6.45) is 3.22. The number of thiazole rings is 1. The second kappa shape index (κ2) is 6.82. The lowest BCUT2D eigenvalue weighted by atomic mass is 10.0. The van der Waals surface area contributed by atoms with Gasteiger partial charge in [-0.25, -0.2) is 4.98 Å². The molecule has 2 aliphatic heterocycles. The number of likely N-dealkylation sites (tertiary alicyclic amines) is 1. The van der Waals surface area contributed by atoms with Crippen molar-refractivity contribution in [2.24, 2.45) is 0 Å². The predicted octanol–water partition coefficient (Wildman–Crippen LogP) is 3.15. The molecule has 1 atom stereocenters. The summed E-state index contributed by atoms with van der Waals surface area (Å²) in [5.74, 6) is 0. The van der Waals surface area contributed by atoms with Crippen molar-refractivity contribution in [3.63, 3.8) is 0 Å². The Morgan fingerprint density at radius 2 is 1.83 bits per heavy atom. The number of β-amino-alcohol motifs (C(OH)–C–C–N with tert-alkyl or cyclic N) is 1. The lowest BCUT2D eigenvalue weighted by molar-refractivity contribution is 0.148. The van der Waals surface area contributed by atoms with Gasteiger partial charge in [0.2, 0.25) is 0 Å². The molecule has 0 radical (unpaired) electrons. The summed E-state index contributed by atoms with van der Waals surface area (Å²) in [6, 6.07) is 9.48. The Kier molecular flexibility index (Phi) is 4.57. The third kappa shape index (κ3) is 3.34. The number of aryl methyl sites for hydroxylation is 1. The molecule has 1 aromatic heterocycles. The average Bonchev–Trinajstić information content (AvgIpc) is 3.24. The molecular weight excluding hydrogens is 318 g/mol. The van der Waals surface area contributed by atoms with Crippen LogP contribution in [0.15, 0.2) is 29.6 Å². The molecule has 2 saturated heterocycles. The summed E-state index contributed by atoms with van der Waals surface area (Å²) in [5, 5.41) is 13.0. The van der Waals surface area contributed by atoms with Gasteiger partial charge < -0.3 is 10.0 Å². The van der Waals surface area contributed by atoms with Crippen LogP contribution in [0.4, 0.5) is 5.69 Å². The van der Waals surface area contributed by atoms with E-state index in [0.29, 0.717) is 6.04 Å². The van der Waals surface area contributed by atoms with Gasteiger partial charge in [-0.2, -0.15) is 0 Å². The summed E-state index contributed by atoms with van der Waals surface area (Å²) in [6.45, 7) is 6.19. The van der Waals surface area contributed by atoms with E-state index in [9.17, 15) is 5.11 Å². The van der Waals surface area contributed by atoms with Gasteiger partial charge in [-0.1, -0.05) is 12.1 Å². The van der Waals surface area contributed by atoms with Crippen molar-refractivity contribution in [2.75, 3.05) is 31.1 Å². The van der Waals surface area contributed by atoms with Crippen LogP contribution in [0.5, 0.6) is 0 Å². The minimum atomic E-state index is -0.107. The molecule has 2 aromatic rings. The van der Waals surface area contributed by atoms with E-state index in [1.807, 2.05) is 6.92 Å². The lowest BCUT2D eigenvalue weighted by Gasteiger charge is -2.37. The van der Waals surface area contributed by atoms with Gasteiger partial charge in [0.05, 0.1) is 16.8 Å². The average molecular weight is 343 g/mol. The third-order valence-corrected chi connectivity index (χ3v) is 6.10. The number of rotatable bonds is 3. The smallest absolute Gasteiger partial charge is 0.0901 e. The van der Waals surface area contributed by atoms with E-state index in [1.54, 1.807) is 11.3 Å². The SMILES string of the molecule is Cc1nc(-c2ccc(N3CCC(N4CC[C@@H](O)C4)CC3)cc2)cs1. The standard InChI is InChI=1S/C19H25N3OS/c1-14-20-19(13-24-14)15-2-4-16(5-3-15)21-9-6-17(7-10-21)22-11-8-18(23)12-22/h2-5,13,17-18,23H,6-12H2,1H3/t18-/m1/s1. The zero-order valence-electron chi connectivity index (χ0n) is 14.2. The van der Waals surface area contributed by atoms with Gasteiger partial charge in [-0.05, 0) is 38.3 Å². The Balaban J connectivity index is 1.37. The van der Waals surface area contributed by atoms with Gasteiger partial charge in [-0.3, -0.25) is 4.90 Å². The number of aromatic nitrogens is 1. The summed E-state index contributed by atoms with van der Waals surface area (Å²) >= 11 is 1.70. The van der Waals surface area contributed by atoms with E-state index >= 15 is 0 Å². The van der Waals surface area contributed by atoms with E-state index < -0.39 is 0 Å². The van der Waals surface area contributed by atoms with Crippen molar-refractivity contribution >= 4 is 17.0 Å². The third-order valence-electron chi connectivity index (χ3n) is 5.32. The van der Waals surface area contributed by atoms with Crippen LogP contribution in [0.2, 0.25) is 0 Å². The zero-order valence-corrected chi connectivity index (χ0v) is 15.0. The van der Waals surface area contributed by atoms with E-state index in [4.69, 9.17) is 0 Å². The van der Waals surface area contributed by atoms with Gasteiger partial charge in [0.25, 0.3) is 0 Å². The van der Waals surface area contributed by atoms with Crippen LogP contribution in [0.3, 0.4) is 0 Å². The van der Waals surface area contributed by atoms with Crippen LogP contribution in [0.1, 0.15) is 24.3 Å². The van der Waals surface area contributed by atoms with E-state index in [2.05, 4.69) is 44.4 Å². The maximum Gasteiger partial charge on any atom is 0.0901 e. The maximum atomic E-state index is 9.73. The monoisotopic (exact) mass is 343 g/mol. The topological polar surface area (TPSA) is 39.6 Å². The van der Waals surface area contributed by atoms with E-state index in [-0.39, 0.29) is 6.10 Å². The van der Waals surface area contributed by atoms with Gasteiger partial charge in [0.15, 0.2) is 0 Å². The summed E-state index contributed by atoms with van der Waals surface area (Å²) in [5.41, 5.74) is 3.59. The Bertz CT molecular complexity index is 676. The maximum absolute atomic E-state index is 9.73. The highest BCUT2D eigenvalue weighted by atomic mass is 32.1. The first-order valence-electron chi connectivity index (χ1n) is 8.88. The molecule has 24 heavy (non-hydrogen) atoms. The van der Waals surface area contributed by atoms with E-state index in [0.717, 1.165) is 43.3 Å². The van der Waals surface area contributed by atoms with Gasteiger partial charge >= 0.3 is 0 Å². The van der Waals surface area contributed by atoms with Crippen molar-refractivity contribution in [2.45, 2.75) is 38.3 Å². The van der Waals surface area contributed by atoms with Crippen LogP contribution in [-0.2, 0) is 0 Å². The highest BCUT2D eigenvalue weighted by Gasteiger charge is 2.29. The molecule has 4 nitrogen and oxygen atoms in total. The van der Waals surface area contributed by atoms with Crippen LogP contribution < -0.4 is 4.90 Å². The first-order chi connectivity index (χ1) is 11.7. The minimum Gasteiger partial charge on any atom is -0.392 e. The van der Waals surface area contributed by atoms with E-state index in [1.165, 1.54) is 24.1 Å². The zero-order chi connectivity index (χ0) is 16.5. The molecule has 0 amide bonds. The molecule has 2 fully saturated rings. The Labute approximate surface area is 147 Å². The second-order valence-corrected chi connectivity index (χ2v) is 8.02. The molecule has 0 saturated carbocycles. The number of hydrogen-bond donors (Lipinski definition) is 1. The number of aliphatic hydroxyl groups is 1. The summed E-state index contributed by atoms with van der Waals surface area (Å²) < 4.78 is 0. The molecule has 0 aliphatic carbocycles. The van der Waals surface area contributed by atoms with Crippen LogP contribution in [0.25, 0.3) is 11.3 Å². The quantitative estimate of drug-likeness (QED) is 0.929. The Hall–Kier alpha value is -1.43. The molecule has 2 aliphatic rings. The lowest BCUT2D eigenvalue weighted by Crippen LogP contribution is -2.44. The Morgan fingerprint density at radius 3 is 2.42 bits per heavy atom. The molecule has 4 rings (SSSR count). The highest BCUT2D eigenvalue weighted by Crippen LogP contribution is 2.28. The molecule has 0 bridgehead atoms. The molecule has 0 spiro atoms. The van der Waals surface area contributed by atoms with Crippen molar-refractivity contribution in [3.8, 4) is 11.3 Å².